The topological polar surface area (TPSA) is 12.0 Å². The third-order valence-corrected chi connectivity index (χ3v) is 6.90. The normalized spacial score (nSPS) is 50.1. The van der Waals surface area contributed by atoms with Crippen LogP contribution in [0.4, 0.5) is 0 Å². The van der Waals surface area contributed by atoms with Crippen LogP contribution in [0.2, 0.25) is 0 Å². The Balaban J connectivity index is 1.62. The van der Waals surface area contributed by atoms with Crippen LogP contribution in [-0.2, 0) is 0 Å². The van der Waals surface area contributed by atoms with Crippen molar-refractivity contribution in [2.75, 3.05) is 11.5 Å². The van der Waals surface area contributed by atoms with E-state index in [2.05, 4.69) is 37.8 Å². The largest absolute Gasteiger partial charge is 0.310 e. The molecular formula is C14H25NS. The second-order valence-corrected chi connectivity index (χ2v) is 7.94. The van der Waals surface area contributed by atoms with E-state index >= 15 is 0 Å². The number of nitrogens with one attached hydrogen (secondary N) is 1. The van der Waals surface area contributed by atoms with E-state index in [0.717, 1.165) is 29.8 Å². The average molecular weight is 239 g/mol. The van der Waals surface area contributed by atoms with Crippen molar-refractivity contribution in [2.45, 2.75) is 52.1 Å². The highest BCUT2D eigenvalue weighted by Gasteiger charge is 2.56. The molecule has 92 valence electrons. The van der Waals surface area contributed by atoms with Crippen molar-refractivity contribution in [1.82, 2.24) is 5.32 Å². The molecular weight excluding hydrogens is 214 g/mol. The molecule has 1 heterocycles. The summed E-state index contributed by atoms with van der Waals surface area (Å²) in [6.45, 7) is 7.47. The first-order valence-corrected chi connectivity index (χ1v) is 8.08. The van der Waals surface area contributed by atoms with Gasteiger partial charge in [0.05, 0.1) is 0 Å². The summed E-state index contributed by atoms with van der Waals surface area (Å²) in [4.78, 5) is 0. The zero-order valence-electron chi connectivity index (χ0n) is 10.8. The Kier molecular flexibility index (Phi) is 2.79. The van der Waals surface area contributed by atoms with Gasteiger partial charge in [0.2, 0.25) is 0 Å². The lowest BCUT2D eigenvalue weighted by Gasteiger charge is -2.62. The van der Waals surface area contributed by atoms with Gasteiger partial charge in [0.1, 0.15) is 0 Å². The minimum Gasteiger partial charge on any atom is -0.310 e. The third kappa shape index (κ3) is 1.64. The Morgan fingerprint density at radius 1 is 1.25 bits per heavy atom. The highest BCUT2D eigenvalue weighted by Crippen LogP contribution is 2.61. The van der Waals surface area contributed by atoms with E-state index < -0.39 is 0 Å². The summed E-state index contributed by atoms with van der Waals surface area (Å²) in [6, 6.07) is 1.64. The van der Waals surface area contributed by atoms with Gasteiger partial charge in [0.15, 0.2) is 0 Å². The maximum absolute atomic E-state index is 3.95. The second-order valence-electron chi connectivity index (χ2n) is 6.79. The highest BCUT2D eigenvalue weighted by atomic mass is 32.2. The summed E-state index contributed by atoms with van der Waals surface area (Å²) in [5.41, 5.74) is 0.641. The van der Waals surface area contributed by atoms with Crippen molar-refractivity contribution in [3.8, 4) is 0 Å². The molecule has 3 saturated carbocycles. The maximum atomic E-state index is 3.95. The van der Waals surface area contributed by atoms with Crippen LogP contribution in [0.3, 0.4) is 0 Å². The van der Waals surface area contributed by atoms with Crippen LogP contribution in [0.15, 0.2) is 0 Å². The highest BCUT2D eigenvalue weighted by molar-refractivity contribution is 7.99. The Morgan fingerprint density at radius 3 is 2.62 bits per heavy atom. The molecule has 0 amide bonds. The molecule has 1 N–H and O–H groups in total. The zero-order chi connectivity index (χ0) is 11.3. The van der Waals surface area contributed by atoms with Gasteiger partial charge in [0, 0.05) is 17.8 Å². The average Bonchev–Trinajstić information content (AvgIpc) is 2.73. The molecule has 4 rings (SSSR count). The second kappa shape index (κ2) is 3.91. The Hall–Kier alpha value is 0.310. The molecule has 2 heteroatoms. The van der Waals surface area contributed by atoms with E-state index in [9.17, 15) is 0 Å². The van der Waals surface area contributed by atoms with Crippen LogP contribution in [0.25, 0.3) is 0 Å². The molecule has 1 aliphatic heterocycles. The van der Waals surface area contributed by atoms with E-state index in [1.165, 1.54) is 30.8 Å². The molecule has 4 fully saturated rings. The van der Waals surface area contributed by atoms with E-state index in [1.54, 1.807) is 0 Å². The molecule has 0 aromatic carbocycles. The fourth-order valence-electron chi connectivity index (χ4n) is 4.34. The quantitative estimate of drug-likeness (QED) is 0.794. The number of hydrogen-bond acceptors (Lipinski definition) is 2. The fourth-order valence-corrected chi connectivity index (χ4v) is 5.50. The molecule has 2 bridgehead atoms. The number of fused-ring (bicyclic) bond motifs is 2. The smallest absolute Gasteiger partial charge is 0.0168 e. The maximum Gasteiger partial charge on any atom is 0.0168 e. The molecule has 3 aliphatic carbocycles. The predicted molar refractivity (Wildman–Crippen MR) is 71.8 cm³/mol. The first-order chi connectivity index (χ1) is 7.59. The van der Waals surface area contributed by atoms with Gasteiger partial charge in [-0.15, -0.1) is 0 Å². The van der Waals surface area contributed by atoms with E-state index in [-0.39, 0.29) is 0 Å². The summed E-state index contributed by atoms with van der Waals surface area (Å²) >= 11 is 2.12. The van der Waals surface area contributed by atoms with E-state index in [4.69, 9.17) is 0 Å². The number of hydrogen-bond donors (Lipinski definition) is 1. The lowest BCUT2D eigenvalue weighted by atomic mass is 9.44. The van der Waals surface area contributed by atoms with Crippen molar-refractivity contribution in [2.24, 2.45) is 23.2 Å². The molecule has 1 saturated heterocycles. The van der Waals surface area contributed by atoms with Crippen LogP contribution < -0.4 is 5.32 Å². The summed E-state index contributed by atoms with van der Waals surface area (Å²) in [5.74, 6) is 5.60. The molecule has 0 radical (unpaired) electrons. The molecule has 0 spiro atoms. The van der Waals surface area contributed by atoms with Crippen LogP contribution in [0.1, 0.15) is 40.0 Å². The lowest BCUT2D eigenvalue weighted by Crippen LogP contribution is -2.61. The number of rotatable bonds is 2. The predicted octanol–water partition coefficient (Wildman–Crippen LogP) is 3.15. The molecule has 4 aliphatic rings. The first-order valence-electron chi connectivity index (χ1n) is 6.93. The van der Waals surface area contributed by atoms with Crippen LogP contribution in [0, 0.1) is 23.2 Å². The van der Waals surface area contributed by atoms with Crippen LogP contribution in [0.5, 0.6) is 0 Å². The first kappa shape index (κ1) is 11.4. The van der Waals surface area contributed by atoms with Crippen molar-refractivity contribution >= 4 is 11.8 Å². The minimum absolute atomic E-state index is 0.641. The number of thioether (sulfide) groups is 1. The Morgan fingerprint density at radius 2 is 2.06 bits per heavy atom. The van der Waals surface area contributed by atoms with Gasteiger partial charge in [-0.25, -0.2) is 0 Å². The molecule has 16 heavy (non-hydrogen) atoms. The van der Waals surface area contributed by atoms with Gasteiger partial charge in [-0.05, 0) is 48.2 Å². The summed E-state index contributed by atoms with van der Waals surface area (Å²) in [5, 5.41) is 3.95. The van der Waals surface area contributed by atoms with Crippen LogP contribution in [-0.4, -0.2) is 23.6 Å². The van der Waals surface area contributed by atoms with Gasteiger partial charge < -0.3 is 5.32 Å². The van der Waals surface area contributed by atoms with Crippen molar-refractivity contribution < 1.29 is 0 Å². The Bertz CT molecular complexity index is 268. The molecule has 1 nitrogen and oxygen atoms in total. The van der Waals surface area contributed by atoms with E-state index in [1.807, 2.05) is 0 Å². The van der Waals surface area contributed by atoms with Crippen molar-refractivity contribution in [1.29, 1.82) is 0 Å². The fraction of sp³-hybridized carbons (Fsp3) is 1.00. The molecule has 0 aromatic rings. The third-order valence-electron chi connectivity index (χ3n) is 5.73. The van der Waals surface area contributed by atoms with Gasteiger partial charge in [-0.2, -0.15) is 11.8 Å². The summed E-state index contributed by atoms with van der Waals surface area (Å²) in [6.07, 6.45) is 4.34. The van der Waals surface area contributed by atoms with Crippen molar-refractivity contribution in [3.05, 3.63) is 0 Å². The monoisotopic (exact) mass is 239 g/mol. The van der Waals surface area contributed by atoms with Gasteiger partial charge >= 0.3 is 0 Å². The summed E-state index contributed by atoms with van der Waals surface area (Å²) < 4.78 is 0. The summed E-state index contributed by atoms with van der Waals surface area (Å²) in [7, 11) is 0. The van der Waals surface area contributed by atoms with E-state index in [0.29, 0.717) is 5.41 Å². The van der Waals surface area contributed by atoms with Gasteiger partial charge in [0.25, 0.3) is 0 Å². The van der Waals surface area contributed by atoms with Crippen LogP contribution >= 0.6 is 11.8 Å². The Labute approximate surface area is 104 Å². The van der Waals surface area contributed by atoms with Gasteiger partial charge in [-0.1, -0.05) is 20.8 Å². The standard InChI is InChI=1S/C14H25NS/c1-9-12-6-10(14(12,2)3)7-13(9)15-11-4-5-16-8-11/h9-13,15H,4-8H2,1-3H3/t9-,10+,11?,12-,13-/m1/s1. The van der Waals surface area contributed by atoms with Gasteiger partial charge in [-0.3, -0.25) is 0 Å². The molecule has 0 aromatic heterocycles. The molecule has 1 unspecified atom stereocenters. The molecule has 5 atom stereocenters. The lowest BCUT2D eigenvalue weighted by molar-refractivity contribution is -0.116. The SMILES string of the molecule is C[C@@H]1[C@H]2C[C@@H](C[C@H]1NC1CCSC1)C2(C)C. The van der Waals surface area contributed by atoms with Crippen molar-refractivity contribution in [3.63, 3.8) is 0 Å². The zero-order valence-corrected chi connectivity index (χ0v) is 11.6. The minimum atomic E-state index is 0.641.